The molecule has 0 atom stereocenters. The Balaban J connectivity index is 1.32. The molecule has 0 aliphatic rings. The van der Waals surface area contributed by atoms with Gasteiger partial charge in [-0.25, -0.2) is 0 Å². The molecule has 0 saturated heterocycles. The summed E-state index contributed by atoms with van der Waals surface area (Å²) in [7, 11) is 0. The third-order valence-corrected chi connectivity index (χ3v) is 10.8. The lowest BCUT2D eigenvalue weighted by molar-refractivity contribution is 0.672. The highest BCUT2D eigenvalue weighted by molar-refractivity contribution is 7.25. The highest BCUT2D eigenvalue weighted by Gasteiger charge is 2.25. The molecule has 10 aromatic rings. The van der Waals surface area contributed by atoms with Crippen LogP contribution in [0.15, 0.2) is 186 Å². The van der Waals surface area contributed by atoms with E-state index >= 15 is 0 Å². The Morgan fingerprint density at radius 3 is 1.62 bits per heavy atom. The van der Waals surface area contributed by atoms with Gasteiger partial charge in [-0.1, -0.05) is 103 Å². The van der Waals surface area contributed by atoms with Gasteiger partial charge in [-0.2, -0.15) is 0 Å². The second-order valence-corrected chi connectivity index (χ2v) is 13.6. The third-order valence-electron chi connectivity index (χ3n) is 9.60. The minimum atomic E-state index is 0.847. The van der Waals surface area contributed by atoms with E-state index in [1.807, 2.05) is 11.3 Å². The molecular formula is C46H30N2OS. The Morgan fingerprint density at radius 1 is 0.360 bits per heavy atom. The van der Waals surface area contributed by atoms with Crippen molar-refractivity contribution in [3.8, 4) is 0 Å². The van der Waals surface area contributed by atoms with Crippen LogP contribution in [0.5, 0.6) is 0 Å². The van der Waals surface area contributed by atoms with Crippen LogP contribution in [-0.4, -0.2) is 0 Å². The van der Waals surface area contributed by atoms with Gasteiger partial charge in [-0.3, -0.25) is 0 Å². The fourth-order valence-electron chi connectivity index (χ4n) is 7.32. The normalized spacial score (nSPS) is 11.6. The van der Waals surface area contributed by atoms with Crippen LogP contribution in [0.1, 0.15) is 0 Å². The first-order valence-electron chi connectivity index (χ1n) is 16.8. The van der Waals surface area contributed by atoms with Crippen molar-refractivity contribution in [3.05, 3.63) is 182 Å². The van der Waals surface area contributed by atoms with Crippen molar-refractivity contribution in [3.63, 3.8) is 0 Å². The summed E-state index contributed by atoms with van der Waals surface area (Å²) in [6.07, 6.45) is 0. The van der Waals surface area contributed by atoms with Gasteiger partial charge in [-0.05, 0) is 78.2 Å². The molecule has 0 unspecified atom stereocenters. The van der Waals surface area contributed by atoms with Crippen LogP contribution < -0.4 is 9.80 Å². The van der Waals surface area contributed by atoms with Gasteiger partial charge in [0.2, 0.25) is 0 Å². The topological polar surface area (TPSA) is 19.6 Å². The first kappa shape index (κ1) is 28.6. The van der Waals surface area contributed by atoms with E-state index in [2.05, 4.69) is 192 Å². The van der Waals surface area contributed by atoms with Gasteiger partial charge in [-0.15, -0.1) is 11.3 Å². The van der Waals surface area contributed by atoms with Crippen LogP contribution >= 0.6 is 11.3 Å². The minimum Gasteiger partial charge on any atom is -0.455 e. The molecule has 0 spiro atoms. The number of furan rings is 1. The first-order chi connectivity index (χ1) is 24.8. The highest BCUT2D eigenvalue weighted by Crippen LogP contribution is 2.50. The van der Waals surface area contributed by atoms with Crippen LogP contribution in [0.4, 0.5) is 34.1 Å². The van der Waals surface area contributed by atoms with Crippen molar-refractivity contribution in [1.29, 1.82) is 0 Å². The van der Waals surface area contributed by atoms with E-state index in [0.717, 1.165) is 66.8 Å². The summed E-state index contributed by atoms with van der Waals surface area (Å²) < 4.78 is 9.40. The van der Waals surface area contributed by atoms with E-state index in [9.17, 15) is 0 Å². The maximum atomic E-state index is 6.83. The number of hydrogen-bond acceptors (Lipinski definition) is 4. The summed E-state index contributed by atoms with van der Waals surface area (Å²) in [5.41, 5.74) is 8.10. The molecule has 2 aromatic heterocycles. The monoisotopic (exact) mass is 658 g/mol. The quantitative estimate of drug-likeness (QED) is 0.177. The average Bonchev–Trinajstić information content (AvgIpc) is 3.74. The summed E-state index contributed by atoms with van der Waals surface area (Å²) in [6.45, 7) is 0. The van der Waals surface area contributed by atoms with Crippen molar-refractivity contribution in [2.24, 2.45) is 0 Å². The average molecular weight is 659 g/mol. The largest absolute Gasteiger partial charge is 0.455 e. The first-order valence-corrected chi connectivity index (χ1v) is 17.7. The summed E-state index contributed by atoms with van der Waals surface area (Å²) >= 11 is 1.84. The summed E-state index contributed by atoms with van der Waals surface area (Å²) in [5.74, 6) is 0. The van der Waals surface area contributed by atoms with Crippen LogP contribution in [0.25, 0.3) is 52.9 Å². The number of thiophene rings is 1. The van der Waals surface area contributed by atoms with E-state index in [4.69, 9.17) is 4.42 Å². The van der Waals surface area contributed by atoms with Gasteiger partial charge >= 0.3 is 0 Å². The summed E-state index contributed by atoms with van der Waals surface area (Å²) in [5, 5.41) is 6.99. The molecule has 4 heteroatoms. The van der Waals surface area contributed by atoms with Crippen molar-refractivity contribution >= 4 is 98.3 Å². The molecule has 0 N–H and O–H groups in total. The van der Waals surface area contributed by atoms with Crippen LogP contribution in [0.2, 0.25) is 0 Å². The zero-order chi connectivity index (χ0) is 33.0. The molecular weight excluding hydrogens is 629 g/mol. The number of hydrogen-bond donors (Lipinski definition) is 0. The molecule has 0 fully saturated rings. The zero-order valence-electron chi connectivity index (χ0n) is 27.0. The lowest BCUT2D eigenvalue weighted by Gasteiger charge is -2.33. The molecule has 0 aliphatic heterocycles. The molecule has 3 nitrogen and oxygen atoms in total. The molecule has 0 radical (unpaired) electrons. The predicted molar refractivity (Wildman–Crippen MR) is 213 cm³/mol. The van der Waals surface area contributed by atoms with E-state index in [1.165, 1.54) is 20.2 Å². The van der Waals surface area contributed by atoms with E-state index in [1.54, 1.807) is 0 Å². The molecule has 50 heavy (non-hydrogen) atoms. The second-order valence-electron chi connectivity index (χ2n) is 12.6. The minimum absolute atomic E-state index is 0.847. The van der Waals surface area contributed by atoms with Gasteiger partial charge in [0.15, 0.2) is 0 Å². The fourth-order valence-corrected chi connectivity index (χ4v) is 8.41. The number of para-hydroxylation sites is 3. The maximum absolute atomic E-state index is 6.83. The predicted octanol–water partition coefficient (Wildman–Crippen LogP) is 14.0. The lowest BCUT2D eigenvalue weighted by Crippen LogP contribution is -2.17. The highest BCUT2D eigenvalue weighted by atomic mass is 32.1. The standard InChI is InChI=1S/C46H30N2OS/c1-4-15-32(16-5-1)47(33-17-6-2-7-18-33)42-30-43-39(38-26-24-31-14-10-11-21-36(31)46(38)49-43)29-41(42)48(34-19-8-3-9-20-34)35-25-27-45-40(28-35)37-22-12-13-23-44(37)50-45/h1-30H. The second kappa shape index (κ2) is 11.7. The molecule has 0 bridgehead atoms. The Labute approximate surface area is 293 Å². The van der Waals surface area contributed by atoms with Gasteiger partial charge in [0.25, 0.3) is 0 Å². The molecule has 236 valence electrons. The Bertz CT molecular complexity index is 2780. The molecule has 0 saturated carbocycles. The number of anilines is 6. The van der Waals surface area contributed by atoms with Gasteiger partial charge in [0.1, 0.15) is 11.2 Å². The third kappa shape index (κ3) is 4.65. The number of rotatable bonds is 6. The van der Waals surface area contributed by atoms with Crippen molar-refractivity contribution in [2.45, 2.75) is 0 Å². The van der Waals surface area contributed by atoms with Gasteiger partial charge < -0.3 is 14.2 Å². The van der Waals surface area contributed by atoms with E-state index in [-0.39, 0.29) is 0 Å². The summed E-state index contributed by atoms with van der Waals surface area (Å²) in [6, 6.07) is 64.9. The molecule has 0 amide bonds. The number of fused-ring (bicyclic) bond motifs is 8. The smallest absolute Gasteiger partial charge is 0.143 e. The van der Waals surface area contributed by atoms with Crippen LogP contribution in [0.3, 0.4) is 0 Å². The fraction of sp³-hybridized carbons (Fsp3) is 0. The lowest BCUT2D eigenvalue weighted by atomic mass is 10.0. The Kier molecular flexibility index (Phi) is 6.68. The molecule has 8 aromatic carbocycles. The maximum Gasteiger partial charge on any atom is 0.143 e. The van der Waals surface area contributed by atoms with Crippen LogP contribution in [-0.2, 0) is 0 Å². The van der Waals surface area contributed by atoms with Crippen molar-refractivity contribution in [1.82, 2.24) is 0 Å². The molecule has 0 aliphatic carbocycles. The summed E-state index contributed by atoms with van der Waals surface area (Å²) in [4.78, 5) is 4.74. The van der Waals surface area contributed by atoms with E-state index in [0.29, 0.717) is 0 Å². The zero-order valence-corrected chi connectivity index (χ0v) is 27.8. The number of nitrogens with zero attached hydrogens (tertiary/aromatic N) is 2. The SMILES string of the molecule is c1ccc(N(c2ccccc2)c2cc3oc4c5ccccc5ccc4c3cc2N(c2ccccc2)c2ccc3sc4ccccc4c3c2)cc1. The Morgan fingerprint density at radius 2 is 0.920 bits per heavy atom. The molecule has 2 heterocycles. The van der Waals surface area contributed by atoms with Crippen molar-refractivity contribution in [2.75, 3.05) is 9.80 Å². The van der Waals surface area contributed by atoms with Gasteiger partial charge in [0, 0.05) is 65.1 Å². The Hall–Kier alpha value is -6.36. The number of benzene rings is 8. The van der Waals surface area contributed by atoms with Crippen molar-refractivity contribution < 1.29 is 4.42 Å². The van der Waals surface area contributed by atoms with Crippen LogP contribution in [0, 0.1) is 0 Å². The van der Waals surface area contributed by atoms with E-state index < -0.39 is 0 Å². The van der Waals surface area contributed by atoms with Gasteiger partial charge in [0.05, 0.1) is 11.4 Å². The molecule has 10 rings (SSSR count).